The molecule has 1 fully saturated rings. The lowest BCUT2D eigenvalue weighted by molar-refractivity contribution is -0.117. The molecule has 1 heterocycles. The lowest BCUT2D eigenvalue weighted by Crippen LogP contribution is -2.39. The van der Waals surface area contributed by atoms with Crippen molar-refractivity contribution >= 4 is 11.6 Å². The van der Waals surface area contributed by atoms with E-state index in [1.807, 2.05) is 38.2 Å². The molecule has 0 saturated carbocycles. The molecule has 1 aliphatic heterocycles. The van der Waals surface area contributed by atoms with Crippen molar-refractivity contribution in [1.82, 2.24) is 10.2 Å². The summed E-state index contributed by atoms with van der Waals surface area (Å²) in [6, 6.07) is 7.58. The highest BCUT2D eigenvalue weighted by atomic mass is 16.5. The molecule has 0 radical (unpaired) electrons. The summed E-state index contributed by atoms with van der Waals surface area (Å²) in [5.41, 5.74) is 0.753. The van der Waals surface area contributed by atoms with E-state index in [0.717, 1.165) is 37.0 Å². The van der Waals surface area contributed by atoms with E-state index in [0.29, 0.717) is 13.2 Å². The highest BCUT2D eigenvalue weighted by molar-refractivity contribution is 5.93. The van der Waals surface area contributed by atoms with Gasteiger partial charge in [0.25, 0.3) is 0 Å². The molecule has 0 unspecified atom stereocenters. The fourth-order valence-electron chi connectivity index (χ4n) is 3.03. The van der Waals surface area contributed by atoms with Crippen LogP contribution in [0.25, 0.3) is 0 Å². The molecule has 1 aromatic carbocycles. The van der Waals surface area contributed by atoms with Gasteiger partial charge in [-0.1, -0.05) is 12.1 Å². The third kappa shape index (κ3) is 5.84. The third-order valence-corrected chi connectivity index (χ3v) is 4.34. The van der Waals surface area contributed by atoms with Crippen molar-refractivity contribution in [1.29, 1.82) is 0 Å². The summed E-state index contributed by atoms with van der Waals surface area (Å²) in [5, 5.41) is 6.18. The van der Waals surface area contributed by atoms with Gasteiger partial charge < -0.3 is 15.4 Å². The minimum Gasteiger partial charge on any atom is -0.492 e. The molecule has 5 heteroatoms. The number of nitrogens with zero attached hydrogens (tertiary/aromatic N) is 1. The Labute approximate surface area is 139 Å². The van der Waals surface area contributed by atoms with E-state index < -0.39 is 0 Å². The lowest BCUT2D eigenvalue weighted by Gasteiger charge is -2.31. The van der Waals surface area contributed by atoms with E-state index in [1.54, 1.807) is 0 Å². The molecule has 1 aromatic rings. The van der Waals surface area contributed by atoms with Crippen LogP contribution in [0.5, 0.6) is 5.75 Å². The first-order valence-electron chi connectivity index (χ1n) is 8.61. The third-order valence-electron chi connectivity index (χ3n) is 4.34. The van der Waals surface area contributed by atoms with Gasteiger partial charge in [0.1, 0.15) is 5.75 Å². The number of likely N-dealkylation sites (tertiary alicyclic amines) is 1. The van der Waals surface area contributed by atoms with Gasteiger partial charge in [0.15, 0.2) is 0 Å². The van der Waals surface area contributed by atoms with Crippen LogP contribution < -0.4 is 15.4 Å². The highest BCUT2D eigenvalue weighted by Crippen LogP contribution is 2.24. The Morgan fingerprint density at radius 3 is 2.74 bits per heavy atom. The Morgan fingerprint density at radius 1 is 1.30 bits per heavy atom. The number of hydrogen-bond donors (Lipinski definition) is 2. The number of amides is 1. The van der Waals surface area contributed by atoms with Crippen molar-refractivity contribution in [3.8, 4) is 5.75 Å². The molecule has 1 aliphatic rings. The Hall–Kier alpha value is -1.59. The number of piperidine rings is 1. The molecule has 0 bridgehead atoms. The number of hydrogen-bond acceptors (Lipinski definition) is 4. The molecule has 2 rings (SSSR count). The summed E-state index contributed by atoms with van der Waals surface area (Å²) in [6.45, 7) is 6.09. The smallest absolute Gasteiger partial charge is 0.238 e. The molecular formula is C18H29N3O2. The fraction of sp³-hybridized carbons (Fsp3) is 0.611. The standard InChI is InChI=1S/C18H29N3O2/c1-3-23-17-7-5-4-6-16(17)20-18(22)14-21-12-9-15(10-13-21)8-11-19-2/h4-7,15,19H,3,8-14H2,1-2H3,(H,20,22). The Balaban J connectivity index is 1.78. The van der Waals surface area contributed by atoms with Gasteiger partial charge in [-0.05, 0) is 70.9 Å². The van der Waals surface area contributed by atoms with Crippen LogP contribution in [-0.4, -0.2) is 50.6 Å². The van der Waals surface area contributed by atoms with Crippen LogP contribution in [0.2, 0.25) is 0 Å². The van der Waals surface area contributed by atoms with Gasteiger partial charge in [-0.25, -0.2) is 0 Å². The first-order valence-corrected chi connectivity index (χ1v) is 8.61. The summed E-state index contributed by atoms with van der Waals surface area (Å²) >= 11 is 0. The topological polar surface area (TPSA) is 53.6 Å². The second-order valence-electron chi connectivity index (χ2n) is 6.09. The molecule has 2 N–H and O–H groups in total. The number of para-hydroxylation sites is 2. The zero-order chi connectivity index (χ0) is 16.5. The maximum absolute atomic E-state index is 12.3. The molecule has 1 saturated heterocycles. The minimum absolute atomic E-state index is 0.0332. The molecule has 5 nitrogen and oxygen atoms in total. The van der Waals surface area contributed by atoms with E-state index in [4.69, 9.17) is 4.74 Å². The highest BCUT2D eigenvalue weighted by Gasteiger charge is 2.20. The Kier molecular flexibility index (Phi) is 7.36. The van der Waals surface area contributed by atoms with Crippen LogP contribution in [0, 0.1) is 5.92 Å². The number of carbonyl (C=O) groups excluding carboxylic acids is 1. The van der Waals surface area contributed by atoms with Crippen molar-refractivity contribution < 1.29 is 9.53 Å². The maximum Gasteiger partial charge on any atom is 0.238 e. The van der Waals surface area contributed by atoms with E-state index in [1.165, 1.54) is 19.3 Å². The SMILES string of the molecule is CCOc1ccccc1NC(=O)CN1CCC(CCNC)CC1. The van der Waals surface area contributed by atoms with Crippen molar-refractivity contribution in [2.24, 2.45) is 5.92 Å². The molecule has 0 atom stereocenters. The number of nitrogens with one attached hydrogen (secondary N) is 2. The first kappa shape index (κ1) is 17.8. The fourth-order valence-corrected chi connectivity index (χ4v) is 3.03. The first-order chi connectivity index (χ1) is 11.2. The Morgan fingerprint density at radius 2 is 2.04 bits per heavy atom. The zero-order valence-corrected chi connectivity index (χ0v) is 14.3. The lowest BCUT2D eigenvalue weighted by atomic mass is 9.93. The number of rotatable bonds is 8. The number of carbonyl (C=O) groups is 1. The van der Waals surface area contributed by atoms with Gasteiger partial charge in [-0.3, -0.25) is 9.69 Å². The van der Waals surface area contributed by atoms with Gasteiger partial charge in [-0.15, -0.1) is 0 Å². The number of ether oxygens (including phenoxy) is 1. The largest absolute Gasteiger partial charge is 0.492 e. The predicted molar refractivity (Wildman–Crippen MR) is 93.9 cm³/mol. The van der Waals surface area contributed by atoms with Crippen LogP contribution >= 0.6 is 0 Å². The summed E-state index contributed by atoms with van der Waals surface area (Å²) in [6.07, 6.45) is 3.60. The maximum atomic E-state index is 12.3. The van der Waals surface area contributed by atoms with E-state index in [2.05, 4.69) is 15.5 Å². The van der Waals surface area contributed by atoms with Crippen molar-refractivity contribution in [3.05, 3.63) is 24.3 Å². The van der Waals surface area contributed by atoms with E-state index in [-0.39, 0.29) is 5.91 Å². The van der Waals surface area contributed by atoms with E-state index in [9.17, 15) is 4.79 Å². The van der Waals surface area contributed by atoms with Gasteiger partial charge in [0.05, 0.1) is 18.8 Å². The predicted octanol–water partition coefficient (Wildman–Crippen LogP) is 2.35. The molecule has 0 spiro atoms. The molecule has 1 amide bonds. The van der Waals surface area contributed by atoms with Crippen molar-refractivity contribution in [3.63, 3.8) is 0 Å². The average Bonchev–Trinajstić information content (AvgIpc) is 2.56. The number of anilines is 1. The average molecular weight is 319 g/mol. The summed E-state index contributed by atoms with van der Waals surface area (Å²) in [5.74, 6) is 1.56. The molecule has 128 valence electrons. The van der Waals surface area contributed by atoms with Crippen LogP contribution in [0.4, 0.5) is 5.69 Å². The summed E-state index contributed by atoms with van der Waals surface area (Å²) < 4.78 is 5.55. The molecule has 0 aliphatic carbocycles. The summed E-state index contributed by atoms with van der Waals surface area (Å²) in [7, 11) is 2.00. The molecule has 0 aromatic heterocycles. The second-order valence-corrected chi connectivity index (χ2v) is 6.09. The van der Waals surface area contributed by atoms with Crippen LogP contribution in [0.3, 0.4) is 0 Å². The quantitative estimate of drug-likeness (QED) is 0.772. The normalized spacial score (nSPS) is 16.3. The van der Waals surface area contributed by atoms with Crippen LogP contribution in [-0.2, 0) is 4.79 Å². The summed E-state index contributed by atoms with van der Waals surface area (Å²) in [4.78, 5) is 14.5. The van der Waals surface area contributed by atoms with Crippen molar-refractivity contribution in [2.45, 2.75) is 26.2 Å². The second kappa shape index (κ2) is 9.53. The van der Waals surface area contributed by atoms with Gasteiger partial charge >= 0.3 is 0 Å². The Bertz CT molecular complexity index is 485. The monoisotopic (exact) mass is 319 g/mol. The minimum atomic E-state index is 0.0332. The van der Waals surface area contributed by atoms with E-state index >= 15 is 0 Å². The van der Waals surface area contributed by atoms with Crippen LogP contribution in [0.15, 0.2) is 24.3 Å². The van der Waals surface area contributed by atoms with Crippen molar-refractivity contribution in [2.75, 3.05) is 45.2 Å². The molecular weight excluding hydrogens is 290 g/mol. The molecule has 23 heavy (non-hydrogen) atoms. The van der Waals surface area contributed by atoms with Crippen LogP contribution in [0.1, 0.15) is 26.2 Å². The van der Waals surface area contributed by atoms with Gasteiger partial charge in [0.2, 0.25) is 5.91 Å². The van der Waals surface area contributed by atoms with Gasteiger partial charge in [0, 0.05) is 0 Å². The zero-order valence-electron chi connectivity index (χ0n) is 14.3. The number of benzene rings is 1. The van der Waals surface area contributed by atoms with Gasteiger partial charge in [-0.2, -0.15) is 0 Å².